The minimum Gasteiger partial charge on any atom is -0.432 e. The minimum atomic E-state index is -4.38. The molecule has 95 heavy (non-hydrogen) atoms. The van der Waals surface area contributed by atoms with Crippen molar-refractivity contribution in [2.75, 3.05) is 62.7 Å². The molecule has 0 aromatic carbocycles. The van der Waals surface area contributed by atoms with Gasteiger partial charge in [-0.1, -0.05) is 0 Å². The number of H-pyrrole nitrogens is 2. The van der Waals surface area contributed by atoms with Crippen molar-refractivity contribution in [1.82, 2.24) is 58.1 Å². The standard InChI is InChI=1S/C25H34N7O13PS.C20H26N7O10PS.C5H9IO3/c1-12(2)42-25(37)40-11-47-46(38,45-19-14(7-33)44-23(20(19)39-3)31-5-4-16(35)30-24(31)36)41-8-15-13(34)6-17(43-15)32-10-29-18-21(26)27-9-28-22(18)32;1-33-16-15(10(5-28)36-19(16)26-3-2-12(30)25-20(26)31)37-38(32,39)34-6-11-9(29)4-13(35-11)27-8-24-14-17(21)22-7-23-18(14)27;1-4(2)9-5(7)8-3-6/h4-5,9-10,12-15,17,19-20,23,33-34H,6-8,11H2,1-3H3,(H2,26,27,28)(H,30,35,36);2-3,7-11,13,15-16,19,28-29H,4-6H2,1H3,(H,32,39)(H2,21,22,23)(H,25,30,31);4H,3H2,1-2H3/t13?,14-,15-,17-,19?,20+,23-,46?;9?,10-,11-,13-,15?,16+,19-,38?;/m11./s1. The summed E-state index contributed by atoms with van der Waals surface area (Å²) in [6.45, 7) is -3.62. The van der Waals surface area contributed by atoms with Crippen molar-refractivity contribution in [1.29, 1.82) is 0 Å². The fraction of sp³-hybridized carbons (Fsp3) is 0.600. The Morgan fingerprint density at radius 3 is 1.54 bits per heavy atom. The molecule has 4 saturated heterocycles. The summed E-state index contributed by atoms with van der Waals surface area (Å²) in [5.74, 6) is -0.172. The Morgan fingerprint density at radius 2 is 1.12 bits per heavy atom. The molecule has 0 saturated carbocycles. The monoisotopic (exact) mass is 1530 g/mol. The molecule has 0 spiro atoms. The van der Waals surface area contributed by atoms with E-state index in [0.29, 0.717) is 38.3 Å². The number of aliphatic hydroxyl groups is 4. The third-order valence-electron chi connectivity index (χ3n) is 14.1. The van der Waals surface area contributed by atoms with Crippen LogP contribution in [-0.4, -0.2) is 220 Å². The number of aromatic nitrogens is 12. The van der Waals surface area contributed by atoms with Gasteiger partial charge in [0.25, 0.3) is 11.1 Å². The zero-order valence-electron chi connectivity index (χ0n) is 51.0. The van der Waals surface area contributed by atoms with E-state index in [1.54, 1.807) is 36.8 Å². The molecule has 0 amide bonds. The number of carbonyl (C=O) groups excluding carboxylic acids is 2. The van der Waals surface area contributed by atoms with Crippen molar-refractivity contribution < 1.29 is 105 Å². The third kappa shape index (κ3) is 18.8. The van der Waals surface area contributed by atoms with Crippen molar-refractivity contribution in [2.45, 2.75) is 139 Å². The van der Waals surface area contributed by atoms with Crippen molar-refractivity contribution in [2.24, 2.45) is 0 Å². The predicted octanol–water partition coefficient (Wildman–Crippen LogP) is 0.345. The zero-order chi connectivity index (χ0) is 69.1. The summed E-state index contributed by atoms with van der Waals surface area (Å²) >= 11 is 7.57. The molecule has 4 aliphatic heterocycles. The van der Waals surface area contributed by atoms with Gasteiger partial charge in [-0.15, -0.1) is 0 Å². The van der Waals surface area contributed by atoms with E-state index < -0.39 is 166 Å². The van der Waals surface area contributed by atoms with Crippen molar-refractivity contribution in [3.8, 4) is 0 Å². The molecular formula is C50H69IN14O26P2S2. The summed E-state index contributed by atoms with van der Waals surface area (Å²) in [5, 5.41) is 41.3. The predicted molar refractivity (Wildman–Crippen MR) is 337 cm³/mol. The molecule has 0 bridgehead atoms. The van der Waals surface area contributed by atoms with Gasteiger partial charge in [-0.05, 0) is 62.1 Å². The second-order valence-corrected chi connectivity index (χ2v) is 28.5. The van der Waals surface area contributed by atoms with Gasteiger partial charge in [-0.2, -0.15) is 0 Å². The molecule has 6 aromatic rings. The molecule has 10 heterocycles. The van der Waals surface area contributed by atoms with Crippen LogP contribution in [0.5, 0.6) is 0 Å². The highest BCUT2D eigenvalue weighted by molar-refractivity contribution is 14.1. The average molecular weight is 1540 g/mol. The number of hydrogen-bond acceptors (Lipinski definition) is 35. The van der Waals surface area contributed by atoms with Crippen LogP contribution in [0.15, 0.2) is 69.0 Å². The van der Waals surface area contributed by atoms with Gasteiger partial charge in [0.05, 0.1) is 63.5 Å². The van der Waals surface area contributed by atoms with E-state index in [1.807, 2.05) is 22.6 Å². The number of halogens is 1. The Kier molecular flexibility index (Phi) is 26.3. The molecule has 45 heteroatoms. The number of nitrogens with zero attached hydrogens (tertiary/aromatic N) is 10. The van der Waals surface area contributed by atoms with Crippen LogP contribution in [0.1, 0.15) is 65.4 Å². The van der Waals surface area contributed by atoms with Gasteiger partial charge in [0.15, 0.2) is 41.3 Å². The molecule has 6 aromatic heterocycles. The summed E-state index contributed by atoms with van der Waals surface area (Å²) < 4.78 is 96.1. The van der Waals surface area contributed by atoms with Crippen LogP contribution in [0, 0.1) is 0 Å². The number of carbonyl (C=O) groups is 2. The number of hydrogen-bond donors (Lipinski definition) is 9. The maximum atomic E-state index is 14.2. The fourth-order valence-corrected chi connectivity index (χ4v) is 14.3. The number of aromatic amines is 2. The Labute approximate surface area is 558 Å². The lowest BCUT2D eigenvalue weighted by molar-refractivity contribution is -0.0625. The number of anilines is 2. The average Bonchev–Trinajstić information content (AvgIpc) is 1.67. The molecule has 11 N–H and O–H groups in total. The van der Waals surface area contributed by atoms with Gasteiger partial charge in [-0.25, -0.2) is 53.6 Å². The summed E-state index contributed by atoms with van der Waals surface area (Å²) in [5.41, 5.74) is 10.4. The molecule has 0 radical (unpaired) electrons. The van der Waals surface area contributed by atoms with E-state index in [4.69, 9.17) is 79.3 Å². The first-order chi connectivity index (χ1) is 45.2. The van der Waals surface area contributed by atoms with Gasteiger partial charge in [0.1, 0.15) is 89.6 Å². The second-order valence-electron chi connectivity index (χ2n) is 21.1. The summed E-state index contributed by atoms with van der Waals surface area (Å²) in [4.78, 5) is 110. The maximum absolute atomic E-state index is 14.2. The molecular weight excluding hydrogens is 1470 g/mol. The highest BCUT2D eigenvalue weighted by Gasteiger charge is 2.52. The lowest BCUT2D eigenvalue weighted by Crippen LogP contribution is -2.40. The van der Waals surface area contributed by atoms with Gasteiger partial charge >= 0.3 is 37.2 Å². The van der Waals surface area contributed by atoms with Crippen LogP contribution in [0.3, 0.4) is 0 Å². The Hall–Kier alpha value is -6.04. The number of rotatable bonds is 24. The lowest BCUT2D eigenvalue weighted by Gasteiger charge is -2.28. The molecule has 10 rings (SSSR count). The van der Waals surface area contributed by atoms with Crippen molar-refractivity contribution >= 4 is 106 Å². The number of alkyl halides is 1. The van der Waals surface area contributed by atoms with E-state index in [9.17, 15) is 58.7 Å². The highest BCUT2D eigenvalue weighted by atomic mass is 127. The number of fused-ring (bicyclic) bond motifs is 2. The third-order valence-corrected chi connectivity index (χ3v) is 19.3. The first kappa shape index (κ1) is 74.7. The molecule has 16 atom stereocenters. The van der Waals surface area contributed by atoms with E-state index in [2.05, 4.69) is 49.3 Å². The normalized spacial score (nSPS) is 27.0. The van der Waals surface area contributed by atoms with Gasteiger partial charge < -0.3 is 88.7 Å². The maximum Gasteiger partial charge on any atom is 0.509 e. The number of aliphatic hydroxyl groups excluding tert-OH is 4. The second kappa shape index (κ2) is 33.5. The van der Waals surface area contributed by atoms with Crippen LogP contribution in [0.25, 0.3) is 22.3 Å². The van der Waals surface area contributed by atoms with Crippen LogP contribution in [0.2, 0.25) is 0 Å². The largest absolute Gasteiger partial charge is 0.509 e. The molecule has 524 valence electrons. The van der Waals surface area contributed by atoms with Crippen molar-refractivity contribution in [3.05, 3.63) is 91.5 Å². The minimum absolute atomic E-state index is 0.0935. The number of ether oxygens (including phenoxy) is 10. The number of imidazole rings is 2. The van der Waals surface area contributed by atoms with Crippen LogP contribution < -0.4 is 34.0 Å². The van der Waals surface area contributed by atoms with Crippen LogP contribution in [-0.2, 0) is 81.8 Å². The first-order valence-electron chi connectivity index (χ1n) is 28.4. The summed E-state index contributed by atoms with van der Waals surface area (Å²) in [6.07, 6.45) is -8.64. The molecule has 6 unspecified atom stereocenters. The quantitative estimate of drug-likeness (QED) is 0.0130. The lowest BCUT2D eigenvalue weighted by atomic mass is 10.1. The number of nitrogens with one attached hydrogen (secondary N) is 2. The van der Waals surface area contributed by atoms with Gasteiger partial charge in [-0.3, -0.25) is 51.4 Å². The molecule has 4 aliphatic rings. The van der Waals surface area contributed by atoms with E-state index in [0.717, 1.165) is 21.3 Å². The molecule has 4 fully saturated rings. The Balaban J connectivity index is 0.000000218. The topological polar surface area (TPSA) is 531 Å². The number of nitrogen functional groups attached to an aromatic ring is 2. The Bertz CT molecular complexity index is 3920. The fourth-order valence-electron chi connectivity index (χ4n) is 9.80. The smallest absolute Gasteiger partial charge is 0.432 e. The van der Waals surface area contributed by atoms with Crippen molar-refractivity contribution in [3.63, 3.8) is 0 Å². The summed E-state index contributed by atoms with van der Waals surface area (Å²) in [7, 11) is 2.59. The van der Waals surface area contributed by atoms with E-state index in [-0.39, 0.29) is 37.2 Å². The molecule has 40 nitrogen and oxygen atoms in total. The highest BCUT2D eigenvalue weighted by Crippen LogP contribution is 2.63. The van der Waals surface area contributed by atoms with Gasteiger partial charge in [0, 0.05) is 63.0 Å². The summed E-state index contributed by atoms with van der Waals surface area (Å²) in [6, 6.07) is 2.21. The molecule has 0 aliphatic carbocycles. The Morgan fingerprint density at radius 1 is 0.674 bits per heavy atom. The number of nitrogens with two attached hydrogens (primary N) is 2. The van der Waals surface area contributed by atoms with E-state index >= 15 is 0 Å². The van der Waals surface area contributed by atoms with Crippen LogP contribution >= 0.6 is 47.5 Å². The van der Waals surface area contributed by atoms with Crippen LogP contribution in [0.4, 0.5) is 21.2 Å². The van der Waals surface area contributed by atoms with E-state index in [1.165, 1.54) is 51.9 Å². The zero-order valence-corrected chi connectivity index (χ0v) is 56.6. The first-order valence-corrected chi connectivity index (χ1v) is 35.7. The van der Waals surface area contributed by atoms with Gasteiger partial charge in [0.2, 0.25) is 0 Å². The SMILES string of the molecule is CC(C)OC(=O)OCI.CO[C@H]1C(OP(=O)(OC[C@H]2O[C@@H](n3cnc4c(N)ncnc43)CC2O)SCOC(=O)OC(C)C)[C@@H](CO)O[C@H]1n1ccc(=O)[nH]c1=O.CO[C@H]1C(OP(O)(=S)OC[C@H]2O[C@@H](n3cnc4c(N)ncnc43)CC2O)[C@@H](CO)O[C@H]1n1ccc(=O)[nH]c1=O. The number of methoxy groups -OCH3 is 2.